The summed E-state index contributed by atoms with van der Waals surface area (Å²) in [6, 6.07) is 14.5. The zero-order valence-electron chi connectivity index (χ0n) is 23.9. The van der Waals surface area contributed by atoms with Crippen molar-refractivity contribution in [3.63, 3.8) is 0 Å². The van der Waals surface area contributed by atoms with Gasteiger partial charge in [-0.3, -0.25) is 0 Å². The molecule has 3 aromatic carbocycles. The maximum atomic E-state index is 15.7. The van der Waals surface area contributed by atoms with Crippen LogP contribution in [0.15, 0.2) is 77.7 Å². The second kappa shape index (κ2) is 12.6. The number of halogens is 3. The summed E-state index contributed by atoms with van der Waals surface area (Å²) in [5.41, 5.74) is 0.698. The van der Waals surface area contributed by atoms with Crippen molar-refractivity contribution >= 4 is 48.4 Å². The molecule has 8 nitrogen and oxygen atoms in total. The Morgan fingerprint density at radius 1 is 1.14 bits per heavy atom. The van der Waals surface area contributed by atoms with Gasteiger partial charge >= 0.3 is 0 Å². The van der Waals surface area contributed by atoms with Crippen LogP contribution in [-0.2, 0) is 27.0 Å². The molecule has 5 rings (SSSR count). The van der Waals surface area contributed by atoms with Crippen LogP contribution in [0.4, 0.5) is 20.3 Å². The summed E-state index contributed by atoms with van der Waals surface area (Å²) in [5.74, 6) is 0.109. The molecule has 1 atom stereocenters. The third-order valence-corrected chi connectivity index (χ3v) is 10.2. The largest absolute Gasteiger partial charge is 0.489 e. The summed E-state index contributed by atoms with van der Waals surface area (Å²) >= 11 is 3.53. The van der Waals surface area contributed by atoms with Crippen LogP contribution in [0.5, 0.6) is 5.75 Å². The number of nitrogens with zero attached hydrogens (tertiary/aromatic N) is 3. The fourth-order valence-corrected chi connectivity index (χ4v) is 6.77. The molecule has 1 aliphatic rings. The molecular formula is C31H31BrF2N4O4S. The maximum Gasteiger partial charge on any atom is 0.216 e. The average Bonchev–Trinajstić information content (AvgIpc) is 3.44. The summed E-state index contributed by atoms with van der Waals surface area (Å²) in [6.45, 7) is 5.34. The predicted octanol–water partition coefficient (Wildman–Crippen LogP) is 7.18. The lowest BCUT2D eigenvalue weighted by atomic mass is 9.89. The second-order valence-corrected chi connectivity index (χ2v) is 13.8. The van der Waals surface area contributed by atoms with E-state index in [2.05, 4.69) is 31.2 Å². The Morgan fingerprint density at radius 2 is 1.95 bits per heavy atom. The SMILES string of the molecule is CCN(CC1(c2cc3c(Nc4ccc(OCc5cccc(F)c5)c(Br)c4)ncnc3cc2F)CC=CO1)S(=O)(=O)C(C)C. The molecule has 12 heteroatoms. The van der Waals surface area contributed by atoms with E-state index in [1.165, 1.54) is 35.1 Å². The number of rotatable bonds is 11. The number of ether oxygens (including phenoxy) is 2. The number of nitrogens with one attached hydrogen (secondary N) is 1. The topological polar surface area (TPSA) is 93.7 Å². The molecule has 0 saturated carbocycles. The van der Waals surface area contributed by atoms with E-state index in [1.807, 2.05) is 0 Å². The van der Waals surface area contributed by atoms with Gasteiger partial charge < -0.3 is 14.8 Å². The lowest BCUT2D eigenvalue weighted by Crippen LogP contribution is -2.46. The van der Waals surface area contributed by atoms with E-state index in [9.17, 15) is 12.8 Å². The van der Waals surface area contributed by atoms with Crippen molar-refractivity contribution in [1.29, 1.82) is 0 Å². The molecule has 0 radical (unpaired) electrons. The van der Waals surface area contributed by atoms with Gasteiger partial charge in [-0.05, 0) is 77.8 Å². The molecule has 0 amide bonds. The number of anilines is 2. The molecule has 0 bridgehead atoms. The van der Waals surface area contributed by atoms with E-state index < -0.39 is 26.7 Å². The van der Waals surface area contributed by atoms with E-state index in [4.69, 9.17) is 9.47 Å². The third-order valence-electron chi connectivity index (χ3n) is 7.27. The maximum absolute atomic E-state index is 15.7. The van der Waals surface area contributed by atoms with Crippen LogP contribution in [0, 0.1) is 11.6 Å². The molecule has 0 fully saturated rings. The quantitative estimate of drug-likeness (QED) is 0.180. The molecule has 1 unspecified atom stereocenters. The molecular weight excluding hydrogens is 642 g/mol. The van der Waals surface area contributed by atoms with Crippen LogP contribution in [0.2, 0.25) is 0 Å². The highest BCUT2D eigenvalue weighted by Crippen LogP contribution is 2.40. The summed E-state index contributed by atoms with van der Waals surface area (Å²) in [7, 11) is -3.62. The molecule has 0 saturated heterocycles. The van der Waals surface area contributed by atoms with Crippen LogP contribution < -0.4 is 10.1 Å². The average molecular weight is 674 g/mol. The standard InChI is InChI=1S/C31H31BrF2N4O4S/c1-4-38(43(39,40)20(2)3)18-31(11-6-12-42-31)25-15-24-28(16-27(25)34)35-19-36-30(24)37-23-9-10-29(26(32)14-23)41-17-21-7-5-8-22(33)13-21/h5-10,12-16,19-20H,4,11,17-18H2,1-3H3,(H,35,36,37). The molecule has 43 heavy (non-hydrogen) atoms. The number of benzene rings is 3. The lowest BCUT2D eigenvalue weighted by molar-refractivity contribution is 0.0209. The number of fused-ring (bicyclic) bond motifs is 1. The van der Waals surface area contributed by atoms with Gasteiger partial charge in [-0.15, -0.1) is 0 Å². The minimum absolute atomic E-state index is 0.0556. The highest BCUT2D eigenvalue weighted by molar-refractivity contribution is 9.10. The van der Waals surface area contributed by atoms with E-state index in [1.54, 1.807) is 63.2 Å². The monoisotopic (exact) mass is 672 g/mol. The summed E-state index contributed by atoms with van der Waals surface area (Å²) in [4.78, 5) is 8.66. The first-order chi connectivity index (χ1) is 20.5. The molecule has 0 spiro atoms. The van der Waals surface area contributed by atoms with Gasteiger partial charge in [0.15, 0.2) is 5.60 Å². The van der Waals surface area contributed by atoms with E-state index >= 15 is 4.39 Å². The Balaban J connectivity index is 1.44. The Hall–Kier alpha value is -3.61. The van der Waals surface area contributed by atoms with Crippen LogP contribution in [0.1, 0.15) is 38.3 Å². The summed E-state index contributed by atoms with van der Waals surface area (Å²) in [6.07, 6.45) is 4.87. The first kappa shape index (κ1) is 30.8. The van der Waals surface area contributed by atoms with Crippen molar-refractivity contribution in [2.45, 2.75) is 44.6 Å². The highest BCUT2D eigenvalue weighted by Gasteiger charge is 2.43. The molecule has 4 aromatic rings. The zero-order valence-corrected chi connectivity index (χ0v) is 26.3. The van der Waals surface area contributed by atoms with Gasteiger partial charge in [0.05, 0.1) is 28.0 Å². The van der Waals surface area contributed by atoms with Crippen molar-refractivity contribution in [1.82, 2.24) is 14.3 Å². The van der Waals surface area contributed by atoms with Gasteiger partial charge in [0.25, 0.3) is 0 Å². The van der Waals surface area contributed by atoms with Gasteiger partial charge in [-0.25, -0.2) is 27.2 Å². The van der Waals surface area contributed by atoms with Crippen molar-refractivity contribution < 1.29 is 26.7 Å². The van der Waals surface area contributed by atoms with Crippen LogP contribution >= 0.6 is 15.9 Å². The van der Waals surface area contributed by atoms with Gasteiger partial charge in [-0.2, -0.15) is 4.31 Å². The molecule has 0 aliphatic carbocycles. The van der Waals surface area contributed by atoms with E-state index in [0.29, 0.717) is 44.6 Å². The van der Waals surface area contributed by atoms with Crippen molar-refractivity contribution in [2.24, 2.45) is 0 Å². The van der Waals surface area contributed by atoms with Gasteiger partial charge in [0.2, 0.25) is 10.0 Å². The lowest BCUT2D eigenvalue weighted by Gasteiger charge is -2.35. The molecule has 226 valence electrons. The van der Waals surface area contributed by atoms with Gasteiger partial charge in [0, 0.05) is 35.7 Å². The Labute approximate surface area is 257 Å². The zero-order chi connectivity index (χ0) is 30.8. The Morgan fingerprint density at radius 3 is 2.63 bits per heavy atom. The minimum Gasteiger partial charge on any atom is -0.489 e. The number of aromatic nitrogens is 2. The van der Waals surface area contributed by atoms with Crippen molar-refractivity contribution in [2.75, 3.05) is 18.4 Å². The minimum atomic E-state index is -3.62. The van der Waals surface area contributed by atoms with Crippen molar-refractivity contribution in [3.05, 3.63) is 100 Å². The number of likely N-dealkylation sites (N-methyl/N-ethyl adjacent to an activating group) is 1. The highest BCUT2D eigenvalue weighted by atomic mass is 79.9. The molecule has 1 aromatic heterocycles. The summed E-state index contributed by atoms with van der Waals surface area (Å²) in [5, 5.41) is 3.16. The fraction of sp³-hybridized carbons (Fsp3) is 0.290. The first-order valence-corrected chi connectivity index (χ1v) is 16.0. The smallest absolute Gasteiger partial charge is 0.216 e. The van der Waals surface area contributed by atoms with Gasteiger partial charge in [-0.1, -0.05) is 19.1 Å². The summed E-state index contributed by atoms with van der Waals surface area (Å²) < 4.78 is 69.2. The molecule has 2 heterocycles. The Bertz CT molecular complexity index is 1780. The third kappa shape index (κ3) is 6.51. The fourth-order valence-electron chi connectivity index (χ4n) is 4.94. The first-order valence-electron chi connectivity index (χ1n) is 13.7. The number of hydrogen-bond donors (Lipinski definition) is 1. The molecule has 1 N–H and O–H groups in total. The van der Waals surface area contributed by atoms with Gasteiger partial charge in [0.1, 0.15) is 36.1 Å². The Kier molecular flexibility index (Phi) is 9.00. The van der Waals surface area contributed by atoms with Crippen LogP contribution in [-0.4, -0.2) is 41.0 Å². The number of hydrogen-bond acceptors (Lipinski definition) is 7. The van der Waals surface area contributed by atoms with Crippen LogP contribution in [0.25, 0.3) is 10.9 Å². The predicted molar refractivity (Wildman–Crippen MR) is 165 cm³/mol. The van der Waals surface area contributed by atoms with Crippen molar-refractivity contribution in [3.8, 4) is 5.75 Å². The number of sulfonamides is 1. The normalized spacial score (nSPS) is 16.7. The van der Waals surface area contributed by atoms with Crippen LogP contribution in [0.3, 0.4) is 0 Å². The van der Waals surface area contributed by atoms with E-state index in [-0.39, 0.29) is 31.1 Å². The van der Waals surface area contributed by atoms with E-state index in [0.717, 1.165) is 0 Å². The second-order valence-electron chi connectivity index (χ2n) is 10.5. The molecule has 1 aliphatic heterocycles.